The lowest BCUT2D eigenvalue weighted by molar-refractivity contribution is 0.0581. The Morgan fingerprint density at radius 1 is 1.60 bits per heavy atom. The number of hydrogen-bond acceptors (Lipinski definition) is 4. The van der Waals surface area contributed by atoms with Gasteiger partial charge in [0.25, 0.3) is 12.0 Å². The number of ether oxygens (including phenoxy) is 1. The van der Waals surface area contributed by atoms with Gasteiger partial charge in [0.15, 0.2) is 0 Å². The van der Waals surface area contributed by atoms with Gasteiger partial charge in [-0.05, 0) is 6.07 Å². The number of aromatic amines is 1. The lowest BCUT2D eigenvalue weighted by atomic mass is 10.2. The highest BCUT2D eigenvalue weighted by molar-refractivity contribution is 5.89. The maximum absolute atomic E-state index is 12.5. The molecule has 0 fully saturated rings. The maximum atomic E-state index is 12.5. The van der Waals surface area contributed by atoms with Crippen molar-refractivity contribution in [1.29, 1.82) is 0 Å². The number of nitrogens with one attached hydrogen (secondary N) is 1. The number of carbonyl (C=O) groups is 1. The second-order valence-electron chi connectivity index (χ2n) is 2.68. The van der Waals surface area contributed by atoms with E-state index in [0.717, 1.165) is 13.2 Å². The number of methoxy groups -OCH3 is 1. The van der Waals surface area contributed by atoms with Gasteiger partial charge in [-0.3, -0.25) is 4.79 Å². The number of carbonyl (C=O) groups excluding carboxylic acids is 1. The standard InChI is InChI=1S/C8H8F2N2O3/c1-15-8(14)5-3(6(9)10)2-4(11)7(13)12-5/h2,6H,11H2,1H3,(H,12,13). The van der Waals surface area contributed by atoms with Crippen molar-refractivity contribution in [3.8, 4) is 0 Å². The fourth-order valence-electron chi connectivity index (χ4n) is 1.01. The molecule has 15 heavy (non-hydrogen) atoms. The predicted molar refractivity (Wildman–Crippen MR) is 47.8 cm³/mol. The van der Waals surface area contributed by atoms with Gasteiger partial charge < -0.3 is 15.5 Å². The van der Waals surface area contributed by atoms with Crippen molar-refractivity contribution in [3.05, 3.63) is 27.7 Å². The Hall–Kier alpha value is -1.92. The average molecular weight is 218 g/mol. The summed E-state index contributed by atoms with van der Waals surface area (Å²) >= 11 is 0. The maximum Gasteiger partial charge on any atom is 0.355 e. The predicted octanol–water partition coefficient (Wildman–Crippen LogP) is 0.681. The van der Waals surface area contributed by atoms with E-state index in [-0.39, 0.29) is 5.69 Å². The van der Waals surface area contributed by atoms with Crippen molar-refractivity contribution in [3.63, 3.8) is 0 Å². The van der Waals surface area contributed by atoms with E-state index in [4.69, 9.17) is 5.73 Å². The molecule has 3 N–H and O–H groups in total. The second kappa shape index (κ2) is 4.07. The number of nitrogens with two attached hydrogens (primary N) is 1. The highest BCUT2D eigenvalue weighted by Gasteiger charge is 2.21. The number of anilines is 1. The van der Waals surface area contributed by atoms with E-state index in [1.54, 1.807) is 0 Å². The summed E-state index contributed by atoms with van der Waals surface area (Å²) in [7, 11) is 1.02. The van der Waals surface area contributed by atoms with Crippen LogP contribution in [0.25, 0.3) is 0 Å². The lowest BCUT2D eigenvalue weighted by Crippen LogP contribution is -2.20. The Kier molecular flexibility index (Phi) is 3.03. The van der Waals surface area contributed by atoms with Gasteiger partial charge in [-0.25, -0.2) is 13.6 Å². The van der Waals surface area contributed by atoms with Gasteiger partial charge in [-0.2, -0.15) is 0 Å². The van der Waals surface area contributed by atoms with E-state index in [0.29, 0.717) is 0 Å². The quantitative estimate of drug-likeness (QED) is 0.715. The molecule has 0 bridgehead atoms. The normalized spacial score (nSPS) is 10.4. The summed E-state index contributed by atoms with van der Waals surface area (Å²) in [5, 5.41) is 0. The van der Waals surface area contributed by atoms with Gasteiger partial charge in [-0.1, -0.05) is 0 Å². The van der Waals surface area contributed by atoms with Crippen molar-refractivity contribution in [1.82, 2.24) is 4.98 Å². The molecule has 0 aliphatic rings. The summed E-state index contributed by atoms with van der Waals surface area (Å²) in [6, 6.07) is 0.760. The molecule has 0 saturated carbocycles. The summed E-state index contributed by atoms with van der Waals surface area (Å²) in [4.78, 5) is 24.0. The molecule has 0 aliphatic heterocycles. The zero-order chi connectivity index (χ0) is 11.6. The van der Waals surface area contributed by atoms with Crippen LogP contribution in [0.5, 0.6) is 0 Å². The molecule has 0 aliphatic carbocycles. The topological polar surface area (TPSA) is 85.2 Å². The number of aromatic nitrogens is 1. The van der Waals surface area contributed by atoms with Crippen LogP contribution in [0, 0.1) is 0 Å². The van der Waals surface area contributed by atoms with Gasteiger partial charge in [0.2, 0.25) is 0 Å². The summed E-state index contributed by atoms with van der Waals surface area (Å²) < 4.78 is 29.1. The van der Waals surface area contributed by atoms with Gasteiger partial charge in [0, 0.05) is 0 Å². The summed E-state index contributed by atoms with van der Waals surface area (Å²) in [5.74, 6) is -1.04. The lowest BCUT2D eigenvalue weighted by Gasteiger charge is -2.07. The zero-order valence-corrected chi connectivity index (χ0v) is 7.71. The molecular weight excluding hydrogens is 210 g/mol. The first-order chi connectivity index (χ1) is 6.97. The molecule has 1 heterocycles. The SMILES string of the molecule is COC(=O)c1[nH]c(=O)c(N)cc1C(F)F. The van der Waals surface area contributed by atoms with Crippen molar-refractivity contribution >= 4 is 11.7 Å². The van der Waals surface area contributed by atoms with Crippen molar-refractivity contribution in [2.45, 2.75) is 6.43 Å². The first kappa shape index (κ1) is 11.2. The third kappa shape index (κ3) is 2.12. The summed E-state index contributed by atoms with van der Waals surface area (Å²) in [6.45, 7) is 0. The van der Waals surface area contributed by atoms with Crippen LogP contribution in [0.15, 0.2) is 10.9 Å². The molecule has 5 nitrogen and oxygen atoms in total. The zero-order valence-electron chi connectivity index (χ0n) is 7.71. The molecule has 1 rings (SSSR count). The largest absolute Gasteiger partial charge is 0.464 e. The van der Waals surface area contributed by atoms with Crippen LogP contribution in [0.1, 0.15) is 22.5 Å². The van der Waals surface area contributed by atoms with E-state index in [1.165, 1.54) is 0 Å². The van der Waals surface area contributed by atoms with Crippen LogP contribution in [-0.2, 0) is 4.74 Å². The number of pyridine rings is 1. The summed E-state index contributed by atoms with van der Waals surface area (Å²) in [6.07, 6.45) is -2.92. The molecule has 0 radical (unpaired) electrons. The number of rotatable bonds is 2. The molecule has 1 aromatic rings. The highest BCUT2D eigenvalue weighted by atomic mass is 19.3. The van der Waals surface area contributed by atoms with E-state index in [2.05, 4.69) is 4.74 Å². The fraction of sp³-hybridized carbons (Fsp3) is 0.250. The van der Waals surface area contributed by atoms with E-state index in [9.17, 15) is 18.4 Å². The summed E-state index contributed by atoms with van der Waals surface area (Å²) in [5.41, 5.74) is 2.73. The third-order valence-electron chi connectivity index (χ3n) is 1.73. The molecule has 82 valence electrons. The van der Waals surface area contributed by atoms with Crippen LogP contribution in [0.4, 0.5) is 14.5 Å². The molecule has 0 unspecified atom stereocenters. The minimum Gasteiger partial charge on any atom is -0.464 e. The first-order valence-electron chi connectivity index (χ1n) is 3.86. The number of hydrogen-bond donors (Lipinski definition) is 2. The van der Waals surface area contributed by atoms with Crippen LogP contribution < -0.4 is 11.3 Å². The Morgan fingerprint density at radius 2 is 2.20 bits per heavy atom. The Morgan fingerprint density at radius 3 is 2.67 bits per heavy atom. The highest BCUT2D eigenvalue weighted by Crippen LogP contribution is 2.22. The monoisotopic (exact) mass is 218 g/mol. The van der Waals surface area contributed by atoms with Crippen molar-refractivity contribution < 1.29 is 18.3 Å². The Bertz CT molecular complexity index is 442. The van der Waals surface area contributed by atoms with Crippen LogP contribution in [0.3, 0.4) is 0 Å². The Balaban J connectivity index is 3.41. The number of H-pyrrole nitrogens is 1. The van der Waals surface area contributed by atoms with E-state index >= 15 is 0 Å². The van der Waals surface area contributed by atoms with E-state index in [1.807, 2.05) is 4.98 Å². The van der Waals surface area contributed by atoms with Gasteiger partial charge >= 0.3 is 5.97 Å². The van der Waals surface area contributed by atoms with Crippen LogP contribution in [0.2, 0.25) is 0 Å². The van der Waals surface area contributed by atoms with Gasteiger partial charge in [0.1, 0.15) is 5.69 Å². The number of halogens is 2. The number of nitrogen functional groups attached to an aromatic ring is 1. The third-order valence-corrected chi connectivity index (χ3v) is 1.73. The molecule has 0 spiro atoms. The first-order valence-corrected chi connectivity index (χ1v) is 3.86. The average Bonchev–Trinajstić information content (AvgIpc) is 2.20. The van der Waals surface area contributed by atoms with Gasteiger partial charge in [-0.15, -0.1) is 0 Å². The van der Waals surface area contributed by atoms with Crippen molar-refractivity contribution in [2.75, 3.05) is 12.8 Å². The molecule has 0 amide bonds. The minimum absolute atomic E-state index is 0.377. The Labute approximate surface area is 82.9 Å². The van der Waals surface area contributed by atoms with Crippen LogP contribution >= 0.6 is 0 Å². The number of alkyl halides is 2. The molecule has 0 aromatic carbocycles. The number of esters is 1. The molecule has 7 heteroatoms. The fourth-order valence-corrected chi connectivity index (χ4v) is 1.01. The van der Waals surface area contributed by atoms with E-state index < -0.39 is 29.2 Å². The smallest absolute Gasteiger partial charge is 0.355 e. The molecule has 0 atom stereocenters. The van der Waals surface area contributed by atoms with Gasteiger partial charge in [0.05, 0.1) is 18.4 Å². The molecular formula is C8H8F2N2O3. The molecule has 0 saturated heterocycles. The molecule has 1 aromatic heterocycles. The second-order valence-corrected chi connectivity index (χ2v) is 2.68. The minimum atomic E-state index is -2.92. The van der Waals surface area contributed by atoms with Crippen LogP contribution in [-0.4, -0.2) is 18.1 Å². The van der Waals surface area contributed by atoms with Crippen molar-refractivity contribution in [2.24, 2.45) is 0 Å².